The van der Waals surface area contributed by atoms with Gasteiger partial charge in [-0.15, -0.1) is 0 Å². The van der Waals surface area contributed by atoms with Gasteiger partial charge in [-0.05, 0) is 36.1 Å². The van der Waals surface area contributed by atoms with Crippen LogP contribution in [0.2, 0.25) is 0 Å². The summed E-state index contributed by atoms with van der Waals surface area (Å²) in [5.41, 5.74) is 8.97. The second-order valence-corrected chi connectivity index (χ2v) is 3.27. The van der Waals surface area contributed by atoms with Gasteiger partial charge in [0, 0.05) is 5.69 Å². The summed E-state index contributed by atoms with van der Waals surface area (Å²) in [6.07, 6.45) is 5.41. The molecule has 1 aromatic carbocycles. The number of benzene rings is 1. The number of anilines is 1. The lowest BCUT2D eigenvalue weighted by Crippen LogP contribution is -1.92. The van der Waals surface area contributed by atoms with Gasteiger partial charge in [0.15, 0.2) is 0 Å². The lowest BCUT2D eigenvalue weighted by molar-refractivity contribution is 0.795. The van der Waals surface area contributed by atoms with E-state index in [0.29, 0.717) is 0 Å². The highest BCUT2D eigenvalue weighted by Gasteiger charge is 1.97. The molecule has 2 N–H and O–H groups in total. The second kappa shape index (κ2) is 4.70. The van der Waals surface area contributed by atoms with Gasteiger partial charge in [-0.25, -0.2) is 0 Å². The molecule has 0 saturated carbocycles. The monoisotopic (exact) mass is 175 g/mol. The van der Waals surface area contributed by atoms with Crippen molar-refractivity contribution in [2.24, 2.45) is 0 Å². The predicted molar refractivity (Wildman–Crippen MR) is 59.6 cm³/mol. The summed E-state index contributed by atoms with van der Waals surface area (Å²) >= 11 is 0. The van der Waals surface area contributed by atoms with Gasteiger partial charge in [0.1, 0.15) is 0 Å². The van der Waals surface area contributed by atoms with Crippen molar-refractivity contribution >= 4 is 11.8 Å². The molecule has 1 aromatic rings. The van der Waals surface area contributed by atoms with Crippen LogP contribution in [0.15, 0.2) is 24.8 Å². The maximum Gasteiger partial charge on any atom is 0.0387 e. The van der Waals surface area contributed by atoms with Crippen molar-refractivity contribution < 1.29 is 0 Å². The van der Waals surface area contributed by atoms with Gasteiger partial charge in [0.2, 0.25) is 0 Å². The summed E-state index contributed by atoms with van der Waals surface area (Å²) < 4.78 is 0. The minimum atomic E-state index is 0.815. The number of hydrogen-bond acceptors (Lipinski definition) is 1. The first-order chi connectivity index (χ1) is 6.27. The molecule has 1 nitrogen and oxygen atoms in total. The van der Waals surface area contributed by atoms with Crippen molar-refractivity contribution in [2.75, 3.05) is 5.73 Å². The van der Waals surface area contributed by atoms with Crippen LogP contribution < -0.4 is 5.73 Å². The van der Waals surface area contributed by atoms with E-state index in [9.17, 15) is 0 Å². The Labute approximate surface area is 80.3 Å². The molecule has 0 bridgehead atoms. The number of aryl methyl sites for hydroxylation is 1. The third-order valence-electron chi connectivity index (χ3n) is 2.19. The third-order valence-corrected chi connectivity index (χ3v) is 2.19. The summed E-state index contributed by atoms with van der Waals surface area (Å²) in [5, 5.41) is 0. The molecule has 13 heavy (non-hydrogen) atoms. The normalized spacial score (nSPS) is 9.92. The predicted octanol–water partition coefficient (Wildman–Crippen LogP) is 3.25. The third kappa shape index (κ3) is 2.62. The average molecular weight is 175 g/mol. The highest BCUT2D eigenvalue weighted by atomic mass is 14.5. The van der Waals surface area contributed by atoms with Gasteiger partial charge in [-0.1, -0.05) is 32.1 Å². The Bertz CT molecular complexity index is 289. The Hall–Kier alpha value is -1.24. The summed E-state index contributed by atoms with van der Waals surface area (Å²) in [7, 11) is 0. The van der Waals surface area contributed by atoms with Crippen molar-refractivity contribution in [1.82, 2.24) is 0 Å². The maximum atomic E-state index is 5.76. The molecule has 0 saturated heterocycles. The fourth-order valence-corrected chi connectivity index (χ4v) is 1.34. The van der Waals surface area contributed by atoms with E-state index < -0.39 is 0 Å². The fraction of sp³-hybridized carbons (Fsp3) is 0.333. The van der Waals surface area contributed by atoms with Crippen LogP contribution >= 0.6 is 0 Å². The first-order valence-corrected chi connectivity index (χ1v) is 4.78. The highest BCUT2D eigenvalue weighted by molar-refractivity contribution is 5.64. The first kappa shape index (κ1) is 9.85. The second-order valence-electron chi connectivity index (χ2n) is 3.27. The van der Waals surface area contributed by atoms with Crippen LogP contribution in [0.3, 0.4) is 0 Å². The van der Waals surface area contributed by atoms with E-state index in [2.05, 4.69) is 25.6 Å². The average Bonchev–Trinajstić information content (AvgIpc) is 2.16. The maximum absolute atomic E-state index is 5.76. The lowest BCUT2D eigenvalue weighted by atomic mass is 10.0. The summed E-state index contributed by atoms with van der Waals surface area (Å²) in [4.78, 5) is 0. The molecule has 0 aliphatic carbocycles. The molecule has 1 heteroatoms. The van der Waals surface area contributed by atoms with E-state index in [1.54, 1.807) is 0 Å². The van der Waals surface area contributed by atoms with E-state index in [0.717, 1.165) is 17.7 Å². The molecular weight excluding hydrogens is 158 g/mol. The standard InChI is InChI=1S/C12H17N/c1-3-5-6-10-7-8-12(13)11(4-2)9-10/h4,7-9H,2-3,5-6,13H2,1H3. The van der Waals surface area contributed by atoms with Gasteiger partial charge in [-0.2, -0.15) is 0 Å². The number of nitrogens with two attached hydrogens (primary N) is 1. The van der Waals surface area contributed by atoms with E-state index in [4.69, 9.17) is 5.73 Å². The Morgan fingerprint density at radius 3 is 2.85 bits per heavy atom. The van der Waals surface area contributed by atoms with E-state index in [1.807, 2.05) is 12.1 Å². The van der Waals surface area contributed by atoms with E-state index in [1.165, 1.54) is 18.4 Å². The molecule has 0 atom stereocenters. The largest absolute Gasteiger partial charge is 0.398 e. The van der Waals surface area contributed by atoms with Gasteiger partial charge in [0.25, 0.3) is 0 Å². The number of nitrogen functional groups attached to an aromatic ring is 1. The first-order valence-electron chi connectivity index (χ1n) is 4.78. The summed E-state index contributed by atoms with van der Waals surface area (Å²) in [6.45, 7) is 5.93. The molecule has 0 aromatic heterocycles. The van der Waals surface area contributed by atoms with Crippen LogP contribution in [-0.4, -0.2) is 0 Å². The molecule has 0 heterocycles. The zero-order valence-electron chi connectivity index (χ0n) is 8.22. The summed E-state index contributed by atoms with van der Waals surface area (Å²) in [6, 6.07) is 6.18. The Kier molecular flexibility index (Phi) is 3.56. The van der Waals surface area contributed by atoms with Crippen LogP contribution in [-0.2, 0) is 6.42 Å². The molecule has 0 amide bonds. The van der Waals surface area contributed by atoms with Crippen LogP contribution in [0.5, 0.6) is 0 Å². The minimum absolute atomic E-state index is 0.815. The van der Waals surface area contributed by atoms with Gasteiger partial charge in [0.05, 0.1) is 0 Å². The van der Waals surface area contributed by atoms with Crippen molar-refractivity contribution in [3.63, 3.8) is 0 Å². The molecule has 0 fully saturated rings. The Balaban J connectivity index is 2.80. The molecule has 70 valence electrons. The van der Waals surface area contributed by atoms with E-state index >= 15 is 0 Å². The van der Waals surface area contributed by atoms with Crippen LogP contribution in [0.1, 0.15) is 30.9 Å². The zero-order chi connectivity index (χ0) is 9.68. The molecular formula is C12H17N. The Morgan fingerprint density at radius 1 is 1.46 bits per heavy atom. The SMILES string of the molecule is C=Cc1cc(CCCC)ccc1N. The number of hydrogen-bond donors (Lipinski definition) is 1. The lowest BCUT2D eigenvalue weighted by Gasteiger charge is -2.04. The molecule has 0 unspecified atom stereocenters. The van der Waals surface area contributed by atoms with Crippen LogP contribution in [0.4, 0.5) is 5.69 Å². The number of rotatable bonds is 4. The van der Waals surface area contributed by atoms with Gasteiger partial charge in [-0.3, -0.25) is 0 Å². The van der Waals surface area contributed by atoms with Gasteiger partial charge < -0.3 is 5.73 Å². The quantitative estimate of drug-likeness (QED) is 0.698. The van der Waals surface area contributed by atoms with Crippen molar-refractivity contribution in [3.8, 4) is 0 Å². The van der Waals surface area contributed by atoms with Gasteiger partial charge >= 0.3 is 0 Å². The highest BCUT2D eigenvalue weighted by Crippen LogP contribution is 2.16. The molecule has 0 spiro atoms. The van der Waals surface area contributed by atoms with Crippen molar-refractivity contribution in [2.45, 2.75) is 26.2 Å². The minimum Gasteiger partial charge on any atom is -0.398 e. The molecule has 0 aliphatic heterocycles. The van der Waals surface area contributed by atoms with Crippen molar-refractivity contribution in [1.29, 1.82) is 0 Å². The molecule has 0 aliphatic rings. The van der Waals surface area contributed by atoms with Crippen LogP contribution in [0.25, 0.3) is 6.08 Å². The number of unbranched alkanes of at least 4 members (excludes halogenated alkanes) is 1. The zero-order valence-corrected chi connectivity index (χ0v) is 8.22. The smallest absolute Gasteiger partial charge is 0.0387 e. The molecule has 0 radical (unpaired) electrons. The van der Waals surface area contributed by atoms with Crippen molar-refractivity contribution in [3.05, 3.63) is 35.9 Å². The fourth-order valence-electron chi connectivity index (χ4n) is 1.34. The van der Waals surface area contributed by atoms with E-state index in [-0.39, 0.29) is 0 Å². The Morgan fingerprint density at radius 2 is 2.23 bits per heavy atom. The topological polar surface area (TPSA) is 26.0 Å². The summed E-state index contributed by atoms with van der Waals surface area (Å²) in [5.74, 6) is 0. The molecule has 1 rings (SSSR count). The van der Waals surface area contributed by atoms with Crippen LogP contribution in [0, 0.1) is 0 Å².